The molecular formula is C13H27NSi. The summed E-state index contributed by atoms with van der Waals surface area (Å²) in [6, 6.07) is 0.437. The van der Waals surface area contributed by atoms with Crippen LogP contribution in [-0.4, -0.2) is 32.1 Å². The average Bonchev–Trinajstić information content (AvgIpc) is 2.09. The van der Waals surface area contributed by atoms with Crippen molar-refractivity contribution in [3.63, 3.8) is 0 Å². The summed E-state index contributed by atoms with van der Waals surface area (Å²) in [6.07, 6.45) is 0. The molecule has 88 valence electrons. The lowest BCUT2D eigenvalue weighted by Crippen LogP contribution is -2.38. The molecule has 0 spiro atoms. The van der Waals surface area contributed by atoms with E-state index in [0.717, 1.165) is 13.1 Å². The molecule has 0 aromatic rings. The van der Waals surface area contributed by atoms with Gasteiger partial charge in [-0.1, -0.05) is 53.3 Å². The first kappa shape index (κ1) is 14.7. The van der Waals surface area contributed by atoms with Gasteiger partial charge in [0.15, 0.2) is 0 Å². The van der Waals surface area contributed by atoms with E-state index in [4.69, 9.17) is 0 Å². The Bertz CT molecular complexity index is 225. The zero-order valence-corrected chi connectivity index (χ0v) is 12.5. The largest absolute Gasteiger partial charge is 0.290 e. The van der Waals surface area contributed by atoms with Gasteiger partial charge in [0, 0.05) is 0 Å². The average molecular weight is 225 g/mol. The van der Waals surface area contributed by atoms with Crippen LogP contribution in [0.5, 0.6) is 0 Å². The maximum atomic E-state index is 3.50. The van der Waals surface area contributed by atoms with E-state index in [-0.39, 0.29) is 0 Å². The Kier molecular flexibility index (Phi) is 6.24. The third-order valence-corrected chi connectivity index (χ3v) is 3.33. The van der Waals surface area contributed by atoms with Crippen molar-refractivity contribution in [1.82, 2.24) is 4.90 Å². The molecule has 0 fully saturated rings. The zero-order chi connectivity index (χ0) is 12.1. The minimum atomic E-state index is -1.23. The van der Waals surface area contributed by atoms with Gasteiger partial charge in [-0.2, -0.15) is 0 Å². The molecule has 0 radical (unpaired) electrons. The highest BCUT2D eigenvalue weighted by Gasteiger charge is 2.17. The van der Waals surface area contributed by atoms with Crippen LogP contribution >= 0.6 is 0 Å². The molecule has 0 rings (SSSR count). The molecular weight excluding hydrogens is 198 g/mol. The quantitative estimate of drug-likeness (QED) is 0.524. The SMILES string of the molecule is CCN(CC)[C@@H](C#C[Si](C)(C)C)C(C)C. The molecule has 0 aromatic heterocycles. The lowest BCUT2D eigenvalue weighted by Gasteiger charge is -2.28. The number of hydrogen-bond donors (Lipinski definition) is 0. The lowest BCUT2D eigenvalue weighted by molar-refractivity contribution is 0.217. The Labute approximate surface area is 97.3 Å². The van der Waals surface area contributed by atoms with Gasteiger partial charge >= 0.3 is 0 Å². The van der Waals surface area contributed by atoms with Gasteiger partial charge < -0.3 is 0 Å². The Hall–Kier alpha value is -0.263. The highest BCUT2D eigenvalue weighted by molar-refractivity contribution is 6.83. The van der Waals surface area contributed by atoms with Crippen molar-refractivity contribution in [3.05, 3.63) is 0 Å². The molecule has 2 heteroatoms. The zero-order valence-electron chi connectivity index (χ0n) is 11.5. The van der Waals surface area contributed by atoms with E-state index in [1.807, 2.05) is 0 Å². The molecule has 0 unspecified atom stereocenters. The van der Waals surface area contributed by atoms with E-state index >= 15 is 0 Å². The van der Waals surface area contributed by atoms with Gasteiger partial charge in [-0.3, -0.25) is 4.90 Å². The summed E-state index contributed by atoms with van der Waals surface area (Å²) in [5.41, 5.74) is 3.50. The van der Waals surface area contributed by atoms with Gasteiger partial charge in [-0.05, 0) is 19.0 Å². The molecule has 0 aliphatic rings. The van der Waals surface area contributed by atoms with E-state index in [1.54, 1.807) is 0 Å². The van der Waals surface area contributed by atoms with Gasteiger partial charge in [0.2, 0.25) is 0 Å². The molecule has 0 heterocycles. The molecule has 1 atom stereocenters. The van der Waals surface area contributed by atoms with Crippen LogP contribution in [0, 0.1) is 17.4 Å². The smallest absolute Gasteiger partial charge is 0.129 e. The van der Waals surface area contributed by atoms with Crippen molar-refractivity contribution in [2.75, 3.05) is 13.1 Å². The molecule has 0 saturated heterocycles. The van der Waals surface area contributed by atoms with E-state index in [2.05, 4.69) is 63.7 Å². The first-order chi connectivity index (χ1) is 6.81. The summed E-state index contributed by atoms with van der Waals surface area (Å²) in [4.78, 5) is 2.46. The van der Waals surface area contributed by atoms with E-state index in [9.17, 15) is 0 Å². The Morgan fingerprint density at radius 3 is 1.80 bits per heavy atom. The Morgan fingerprint density at radius 2 is 1.53 bits per heavy atom. The molecule has 0 saturated carbocycles. The molecule has 1 nitrogen and oxygen atoms in total. The highest BCUT2D eigenvalue weighted by atomic mass is 28.3. The minimum absolute atomic E-state index is 0.437. The van der Waals surface area contributed by atoms with Gasteiger partial charge in [0.05, 0.1) is 6.04 Å². The van der Waals surface area contributed by atoms with Crippen LogP contribution < -0.4 is 0 Å². The topological polar surface area (TPSA) is 3.24 Å². The predicted molar refractivity (Wildman–Crippen MR) is 72.7 cm³/mol. The number of nitrogens with zero attached hydrogens (tertiary/aromatic N) is 1. The second kappa shape index (κ2) is 6.35. The van der Waals surface area contributed by atoms with Crippen molar-refractivity contribution in [2.24, 2.45) is 5.92 Å². The molecule has 0 amide bonds. The molecule has 0 N–H and O–H groups in total. The van der Waals surface area contributed by atoms with Crippen molar-refractivity contribution in [1.29, 1.82) is 0 Å². The van der Waals surface area contributed by atoms with Gasteiger partial charge in [0.1, 0.15) is 8.07 Å². The molecule has 0 aliphatic carbocycles. The maximum absolute atomic E-state index is 3.50. The standard InChI is InChI=1S/C13H27NSi/c1-8-14(9-2)13(12(3)4)10-11-15(5,6)7/h12-13H,8-9H2,1-7H3/t13-/m0/s1. The monoisotopic (exact) mass is 225 g/mol. The summed E-state index contributed by atoms with van der Waals surface area (Å²) < 4.78 is 0. The minimum Gasteiger partial charge on any atom is -0.290 e. The van der Waals surface area contributed by atoms with Crippen LogP contribution in [0.1, 0.15) is 27.7 Å². The number of hydrogen-bond acceptors (Lipinski definition) is 1. The molecule has 15 heavy (non-hydrogen) atoms. The van der Waals surface area contributed by atoms with Crippen LogP contribution in [-0.2, 0) is 0 Å². The summed E-state index contributed by atoms with van der Waals surface area (Å²) >= 11 is 0. The first-order valence-electron chi connectivity index (χ1n) is 6.08. The van der Waals surface area contributed by atoms with Gasteiger partial charge in [-0.15, -0.1) is 5.54 Å². The highest BCUT2D eigenvalue weighted by Crippen LogP contribution is 2.10. The van der Waals surface area contributed by atoms with Gasteiger partial charge in [-0.25, -0.2) is 0 Å². The van der Waals surface area contributed by atoms with E-state index < -0.39 is 8.07 Å². The second-order valence-electron chi connectivity index (χ2n) is 5.43. The van der Waals surface area contributed by atoms with Crippen LogP contribution in [0.4, 0.5) is 0 Å². The summed E-state index contributed by atoms with van der Waals surface area (Å²) in [5, 5.41) is 0. The molecule has 0 aliphatic heterocycles. The van der Waals surface area contributed by atoms with Crippen LogP contribution in [0.3, 0.4) is 0 Å². The first-order valence-corrected chi connectivity index (χ1v) is 9.58. The maximum Gasteiger partial charge on any atom is 0.129 e. The fraction of sp³-hybridized carbons (Fsp3) is 0.846. The van der Waals surface area contributed by atoms with Gasteiger partial charge in [0.25, 0.3) is 0 Å². The summed E-state index contributed by atoms with van der Waals surface area (Å²) in [5.74, 6) is 4.12. The molecule has 0 aromatic carbocycles. The third-order valence-electron chi connectivity index (χ3n) is 2.43. The van der Waals surface area contributed by atoms with Crippen molar-refractivity contribution >= 4 is 8.07 Å². The van der Waals surface area contributed by atoms with Crippen molar-refractivity contribution in [3.8, 4) is 11.5 Å². The Morgan fingerprint density at radius 1 is 1.07 bits per heavy atom. The number of rotatable bonds is 4. The lowest BCUT2D eigenvalue weighted by atomic mass is 10.0. The summed E-state index contributed by atoms with van der Waals surface area (Å²) in [7, 11) is -1.23. The van der Waals surface area contributed by atoms with Crippen LogP contribution in [0.2, 0.25) is 19.6 Å². The fourth-order valence-corrected chi connectivity index (χ4v) is 2.17. The van der Waals surface area contributed by atoms with Crippen molar-refractivity contribution in [2.45, 2.75) is 53.4 Å². The molecule has 0 bridgehead atoms. The van der Waals surface area contributed by atoms with E-state index in [0.29, 0.717) is 12.0 Å². The predicted octanol–water partition coefficient (Wildman–Crippen LogP) is 3.23. The van der Waals surface area contributed by atoms with E-state index in [1.165, 1.54) is 0 Å². The normalized spacial score (nSPS) is 13.9. The Balaban J connectivity index is 4.73. The fourth-order valence-electron chi connectivity index (χ4n) is 1.59. The van der Waals surface area contributed by atoms with Crippen molar-refractivity contribution < 1.29 is 0 Å². The second-order valence-corrected chi connectivity index (χ2v) is 10.2. The van der Waals surface area contributed by atoms with Crippen LogP contribution in [0.15, 0.2) is 0 Å². The third kappa shape index (κ3) is 6.02. The van der Waals surface area contributed by atoms with Crippen LogP contribution in [0.25, 0.3) is 0 Å². The summed E-state index contributed by atoms with van der Waals surface area (Å²) in [6.45, 7) is 18.1.